The van der Waals surface area contributed by atoms with Gasteiger partial charge in [-0.2, -0.15) is 0 Å². The third kappa shape index (κ3) is 5.82. The molecule has 160 valence electrons. The number of hydrogen-bond donors (Lipinski definition) is 0. The molecule has 0 aliphatic heterocycles. The van der Waals surface area contributed by atoms with Gasteiger partial charge in [0.2, 0.25) is 5.91 Å². The molecule has 0 saturated carbocycles. The zero-order valence-corrected chi connectivity index (χ0v) is 18.5. The fourth-order valence-electron chi connectivity index (χ4n) is 3.71. The zero-order valence-electron chi connectivity index (χ0n) is 18.5. The van der Waals surface area contributed by atoms with Crippen LogP contribution in [0.4, 0.5) is 0 Å². The summed E-state index contributed by atoms with van der Waals surface area (Å²) in [7, 11) is 3.48. The summed E-state index contributed by atoms with van der Waals surface area (Å²) < 4.78 is 0. The first-order chi connectivity index (χ1) is 15.0. The first kappa shape index (κ1) is 22.3. The number of nitrogens with zero attached hydrogens (tertiary/aromatic N) is 2. The lowest BCUT2D eigenvalue weighted by atomic mass is 9.88. The molecule has 2 amide bonds. The van der Waals surface area contributed by atoms with Crippen molar-refractivity contribution >= 4 is 11.8 Å². The molecule has 0 saturated heterocycles. The third-order valence-electron chi connectivity index (χ3n) is 5.50. The molecule has 31 heavy (non-hydrogen) atoms. The summed E-state index contributed by atoms with van der Waals surface area (Å²) in [6.45, 7) is 3.16. The molecule has 0 aliphatic carbocycles. The van der Waals surface area contributed by atoms with Crippen LogP contribution in [-0.2, 0) is 11.3 Å². The Kier molecular flexibility index (Phi) is 7.60. The summed E-state index contributed by atoms with van der Waals surface area (Å²) in [4.78, 5) is 28.8. The van der Waals surface area contributed by atoms with Gasteiger partial charge in [0.1, 0.15) is 0 Å². The van der Waals surface area contributed by atoms with E-state index in [9.17, 15) is 9.59 Å². The van der Waals surface area contributed by atoms with E-state index in [0.29, 0.717) is 25.1 Å². The molecule has 0 spiro atoms. The molecule has 0 aromatic heterocycles. The summed E-state index contributed by atoms with van der Waals surface area (Å²) in [6.07, 6.45) is 0.416. The minimum absolute atomic E-state index is 0.0176. The van der Waals surface area contributed by atoms with Crippen LogP contribution in [0.2, 0.25) is 0 Å². The molecule has 3 rings (SSSR count). The largest absolute Gasteiger partial charge is 0.345 e. The Bertz CT molecular complexity index is 943. The molecule has 4 nitrogen and oxygen atoms in total. The van der Waals surface area contributed by atoms with Crippen LogP contribution in [0, 0.1) is 0 Å². The molecule has 0 N–H and O–H groups in total. The predicted octanol–water partition coefficient (Wildman–Crippen LogP) is 4.96. The van der Waals surface area contributed by atoms with Crippen molar-refractivity contribution in [1.29, 1.82) is 0 Å². The standard InChI is InChI=1S/C27H30N2O2/c1-4-29(20-21-15-17-24(18-16-21)27(31)28(2)3)26(30)19-25(22-11-7-5-8-12-22)23-13-9-6-10-14-23/h5-18,25H,4,19-20H2,1-3H3. The lowest BCUT2D eigenvalue weighted by Crippen LogP contribution is -2.31. The van der Waals surface area contributed by atoms with E-state index >= 15 is 0 Å². The van der Waals surface area contributed by atoms with Crippen molar-refractivity contribution in [2.24, 2.45) is 0 Å². The second kappa shape index (κ2) is 10.6. The minimum atomic E-state index is -0.0245. The van der Waals surface area contributed by atoms with Crippen molar-refractivity contribution in [3.8, 4) is 0 Å². The highest BCUT2D eigenvalue weighted by molar-refractivity contribution is 5.93. The fourth-order valence-corrected chi connectivity index (χ4v) is 3.71. The SMILES string of the molecule is CCN(Cc1ccc(C(=O)N(C)C)cc1)C(=O)CC(c1ccccc1)c1ccccc1. The smallest absolute Gasteiger partial charge is 0.253 e. The van der Waals surface area contributed by atoms with Gasteiger partial charge in [-0.1, -0.05) is 72.8 Å². The molecule has 0 heterocycles. The second-order valence-electron chi connectivity index (χ2n) is 7.88. The summed E-state index contributed by atoms with van der Waals surface area (Å²) in [6, 6.07) is 27.9. The highest BCUT2D eigenvalue weighted by Gasteiger charge is 2.21. The first-order valence-corrected chi connectivity index (χ1v) is 10.7. The first-order valence-electron chi connectivity index (χ1n) is 10.7. The van der Waals surface area contributed by atoms with E-state index < -0.39 is 0 Å². The normalized spacial score (nSPS) is 10.7. The van der Waals surface area contributed by atoms with E-state index in [4.69, 9.17) is 0 Å². The quantitative estimate of drug-likeness (QED) is 0.523. The highest BCUT2D eigenvalue weighted by Crippen LogP contribution is 2.28. The molecule has 0 unspecified atom stereocenters. The van der Waals surface area contributed by atoms with Crippen LogP contribution in [0.15, 0.2) is 84.9 Å². The lowest BCUT2D eigenvalue weighted by molar-refractivity contribution is -0.131. The van der Waals surface area contributed by atoms with E-state index in [1.165, 1.54) is 0 Å². The van der Waals surface area contributed by atoms with Gasteiger partial charge < -0.3 is 9.80 Å². The van der Waals surface area contributed by atoms with Crippen molar-refractivity contribution in [1.82, 2.24) is 9.80 Å². The van der Waals surface area contributed by atoms with Crippen LogP contribution >= 0.6 is 0 Å². The molecular weight excluding hydrogens is 384 g/mol. The number of benzene rings is 3. The monoisotopic (exact) mass is 414 g/mol. The van der Waals surface area contributed by atoms with Crippen LogP contribution in [-0.4, -0.2) is 42.3 Å². The van der Waals surface area contributed by atoms with Gasteiger partial charge in [-0.3, -0.25) is 9.59 Å². The van der Waals surface area contributed by atoms with Gasteiger partial charge in [-0.15, -0.1) is 0 Å². The summed E-state index contributed by atoms with van der Waals surface area (Å²) >= 11 is 0. The van der Waals surface area contributed by atoms with E-state index in [0.717, 1.165) is 16.7 Å². The lowest BCUT2D eigenvalue weighted by Gasteiger charge is -2.25. The van der Waals surface area contributed by atoms with Gasteiger partial charge in [0, 0.05) is 45.1 Å². The fraction of sp³-hybridized carbons (Fsp3) is 0.259. The number of rotatable bonds is 8. The van der Waals surface area contributed by atoms with Gasteiger partial charge in [-0.05, 0) is 35.7 Å². The Labute approximate surface area is 185 Å². The summed E-state index contributed by atoms with van der Waals surface area (Å²) in [5.41, 5.74) is 3.95. The van der Waals surface area contributed by atoms with Crippen LogP contribution in [0.3, 0.4) is 0 Å². The molecule has 0 fully saturated rings. The van der Waals surface area contributed by atoms with E-state index in [1.54, 1.807) is 19.0 Å². The number of amides is 2. The number of hydrogen-bond acceptors (Lipinski definition) is 2. The molecule has 0 radical (unpaired) electrons. The second-order valence-corrected chi connectivity index (χ2v) is 7.88. The van der Waals surface area contributed by atoms with Crippen molar-refractivity contribution in [2.45, 2.75) is 25.8 Å². The van der Waals surface area contributed by atoms with Crippen molar-refractivity contribution in [3.63, 3.8) is 0 Å². The van der Waals surface area contributed by atoms with Crippen LogP contribution in [0.1, 0.15) is 46.3 Å². The maximum Gasteiger partial charge on any atom is 0.253 e. The molecule has 3 aromatic rings. The van der Waals surface area contributed by atoms with Crippen LogP contribution < -0.4 is 0 Å². The average Bonchev–Trinajstić information content (AvgIpc) is 2.81. The van der Waals surface area contributed by atoms with Crippen LogP contribution in [0.25, 0.3) is 0 Å². The van der Waals surface area contributed by atoms with Crippen molar-refractivity contribution < 1.29 is 9.59 Å². The van der Waals surface area contributed by atoms with Crippen LogP contribution in [0.5, 0.6) is 0 Å². The van der Waals surface area contributed by atoms with Gasteiger partial charge >= 0.3 is 0 Å². The van der Waals surface area contributed by atoms with Gasteiger partial charge in [0.25, 0.3) is 5.91 Å². The molecule has 0 aliphatic rings. The van der Waals surface area contributed by atoms with E-state index in [-0.39, 0.29) is 17.7 Å². The van der Waals surface area contributed by atoms with Crippen molar-refractivity contribution in [2.75, 3.05) is 20.6 Å². The molecule has 0 atom stereocenters. The average molecular weight is 415 g/mol. The topological polar surface area (TPSA) is 40.6 Å². The summed E-state index contributed by atoms with van der Waals surface area (Å²) in [5, 5.41) is 0. The van der Waals surface area contributed by atoms with Gasteiger partial charge in [0.15, 0.2) is 0 Å². The predicted molar refractivity (Wildman–Crippen MR) is 125 cm³/mol. The number of carbonyl (C=O) groups is 2. The minimum Gasteiger partial charge on any atom is -0.345 e. The Balaban J connectivity index is 1.75. The Morgan fingerprint density at radius 3 is 1.74 bits per heavy atom. The molecular formula is C27H30N2O2. The van der Waals surface area contributed by atoms with Gasteiger partial charge in [-0.25, -0.2) is 0 Å². The highest BCUT2D eigenvalue weighted by atomic mass is 16.2. The Morgan fingerprint density at radius 1 is 0.774 bits per heavy atom. The van der Waals surface area contributed by atoms with Gasteiger partial charge in [0.05, 0.1) is 0 Å². The zero-order chi connectivity index (χ0) is 22.2. The molecule has 0 bridgehead atoms. The maximum absolute atomic E-state index is 13.3. The maximum atomic E-state index is 13.3. The van der Waals surface area contributed by atoms with Crippen molar-refractivity contribution in [3.05, 3.63) is 107 Å². The number of carbonyl (C=O) groups excluding carboxylic acids is 2. The van der Waals surface area contributed by atoms with E-state index in [2.05, 4.69) is 24.3 Å². The molecule has 3 aromatic carbocycles. The Hall–Kier alpha value is -3.40. The van der Waals surface area contributed by atoms with E-state index in [1.807, 2.05) is 72.5 Å². The Morgan fingerprint density at radius 2 is 1.29 bits per heavy atom. The third-order valence-corrected chi connectivity index (χ3v) is 5.50. The molecule has 4 heteroatoms. The summed E-state index contributed by atoms with van der Waals surface area (Å²) in [5.74, 6) is 0.112.